The van der Waals surface area contributed by atoms with Gasteiger partial charge < -0.3 is 0 Å². The Kier molecular flexibility index (Phi) is 8.08. The summed E-state index contributed by atoms with van der Waals surface area (Å²) in [4.78, 5) is 0. The van der Waals surface area contributed by atoms with Gasteiger partial charge in [0.05, 0.1) is 0 Å². The highest BCUT2D eigenvalue weighted by Gasteiger charge is 2.18. The maximum atomic E-state index is 5.91. The van der Waals surface area contributed by atoms with Crippen molar-refractivity contribution in [2.45, 2.75) is 71.1 Å². The van der Waals surface area contributed by atoms with Crippen molar-refractivity contribution in [3.63, 3.8) is 0 Å². The normalized spacial score (nSPS) is 22.3. The second kappa shape index (κ2) is 10.1. The van der Waals surface area contributed by atoms with E-state index in [1.54, 1.807) is 0 Å². The van der Waals surface area contributed by atoms with Crippen molar-refractivity contribution in [2.75, 3.05) is 0 Å². The Balaban J connectivity index is 1.60. The average molecular weight is 319 g/mol. The molecule has 0 heterocycles. The lowest BCUT2D eigenvalue weighted by Crippen LogP contribution is -2.13. The van der Waals surface area contributed by atoms with Crippen LogP contribution >= 0.6 is 11.6 Å². The first-order valence-electron chi connectivity index (χ1n) is 9.19. The molecule has 1 heteroatoms. The molecule has 1 aromatic rings. The molecule has 22 heavy (non-hydrogen) atoms. The van der Waals surface area contributed by atoms with Crippen LogP contribution in [0.5, 0.6) is 0 Å². The average Bonchev–Trinajstić information content (AvgIpc) is 2.55. The van der Waals surface area contributed by atoms with Crippen molar-refractivity contribution in [2.24, 2.45) is 11.8 Å². The zero-order chi connectivity index (χ0) is 15.6. The van der Waals surface area contributed by atoms with E-state index in [0.717, 1.165) is 29.7 Å². The lowest BCUT2D eigenvalue weighted by atomic mass is 9.79. The first-order valence-corrected chi connectivity index (χ1v) is 9.57. The highest BCUT2D eigenvalue weighted by atomic mass is 35.5. The molecule has 1 aliphatic rings. The molecule has 2 rings (SSSR count). The smallest absolute Gasteiger partial charge is 0.0406 e. The minimum Gasteiger partial charge on any atom is -0.0879 e. The van der Waals surface area contributed by atoms with Gasteiger partial charge >= 0.3 is 0 Å². The Labute approximate surface area is 142 Å². The van der Waals surface area contributed by atoms with Crippen molar-refractivity contribution in [3.8, 4) is 0 Å². The molecule has 122 valence electrons. The van der Waals surface area contributed by atoms with E-state index in [1.807, 2.05) is 12.1 Å². The van der Waals surface area contributed by atoms with Crippen LogP contribution in [0.25, 0.3) is 0 Å². The zero-order valence-corrected chi connectivity index (χ0v) is 14.8. The number of hydrogen-bond donors (Lipinski definition) is 0. The number of unbranched alkanes of at least 4 members (excludes halogenated alkanes) is 2. The lowest BCUT2D eigenvalue weighted by molar-refractivity contribution is 0.289. The molecule has 0 saturated heterocycles. The van der Waals surface area contributed by atoms with Gasteiger partial charge in [0.15, 0.2) is 0 Å². The molecule has 0 amide bonds. The standard InChI is InChI=1S/C21H31Cl/c1-2-3-4-7-18-10-12-19(13-11-18)8-5-6-9-20-14-16-21(22)17-15-20/h5,8,14-19H,2-4,6-7,9-13H2,1H3/b8-5+. The van der Waals surface area contributed by atoms with Crippen molar-refractivity contribution in [1.82, 2.24) is 0 Å². The summed E-state index contributed by atoms with van der Waals surface area (Å²) in [5.74, 6) is 1.86. The predicted molar refractivity (Wildman–Crippen MR) is 98.5 cm³/mol. The van der Waals surface area contributed by atoms with Gasteiger partial charge in [-0.05, 0) is 68.1 Å². The van der Waals surface area contributed by atoms with Crippen LogP contribution in [-0.2, 0) is 6.42 Å². The molecule has 0 aliphatic heterocycles. The molecular formula is C21H31Cl. The molecule has 0 nitrogen and oxygen atoms in total. The molecule has 1 aromatic carbocycles. The van der Waals surface area contributed by atoms with Gasteiger partial charge in [0.2, 0.25) is 0 Å². The number of halogens is 1. The fourth-order valence-electron chi connectivity index (χ4n) is 3.54. The first-order chi connectivity index (χ1) is 10.8. The highest BCUT2D eigenvalue weighted by Crippen LogP contribution is 2.32. The monoisotopic (exact) mass is 318 g/mol. The molecule has 1 saturated carbocycles. The van der Waals surface area contributed by atoms with Crippen LogP contribution in [0.1, 0.15) is 70.3 Å². The van der Waals surface area contributed by atoms with Crippen molar-refractivity contribution >= 4 is 11.6 Å². The van der Waals surface area contributed by atoms with Crippen LogP contribution in [-0.4, -0.2) is 0 Å². The quantitative estimate of drug-likeness (QED) is 0.350. The molecule has 0 unspecified atom stereocenters. The number of aryl methyl sites for hydroxylation is 1. The fourth-order valence-corrected chi connectivity index (χ4v) is 3.67. The first kappa shape index (κ1) is 17.6. The summed E-state index contributed by atoms with van der Waals surface area (Å²) in [5, 5.41) is 0.829. The summed E-state index contributed by atoms with van der Waals surface area (Å²) in [5.41, 5.74) is 1.38. The summed E-state index contributed by atoms with van der Waals surface area (Å²) in [6.45, 7) is 2.30. The van der Waals surface area contributed by atoms with E-state index in [-0.39, 0.29) is 0 Å². The Hall–Kier alpha value is -0.750. The third kappa shape index (κ3) is 6.57. The van der Waals surface area contributed by atoms with Gasteiger partial charge in [0, 0.05) is 5.02 Å². The van der Waals surface area contributed by atoms with Gasteiger partial charge in [-0.2, -0.15) is 0 Å². The van der Waals surface area contributed by atoms with Gasteiger partial charge in [-0.25, -0.2) is 0 Å². The highest BCUT2D eigenvalue weighted by molar-refractivity contribution is 6.30. The predicted octanol–water partition coefficient (Wildman–Crippen LogP) is 7.22. The zero-order valence-electron chi connectivity index (χ0n) is 14.1. The fraction of sp³-hybridized carbons (Fsp3) is 0.619. The largest absolute Gasteiger partial charge is 0.0879 e. The number of allylic oxidation sites excluding steroid dienone is 2. The van der Waals surface area contributed by atoms with Crippen LogP contribution in [0.15, 0.2) is 36.4 Å². The Morgan fingerprint density at radius 1 is 1.05 bits per heavy atom. The summed E-state index contributed by atoms with van der Waals surface area (Å²) >= 11 is 5.91. The van der Waals surface area contributed by atoms with E-state index in [1.165, 1.54) is 56.9 Å². The van der Waals surface area contributed by atoms with Crippen LogP contribution < -0.4 is 0 Å². The Morgan fingerprint density at radius 3 is 2.45 bits per heavy atom. The molecule has 1 fully saturated rings. The van der Waals surface area contributed by atoms with Gasteiger partial charge in [0.25, 0.3) is 0 Å². The van der Waals surface area contributed by atoms with E-state index < -0.39 is 0 Å². The second-order valence-electron chi connectivity index (χ2n) is 6.87. The Bertz CT molecular complexity index is 424. The Morgan fingerprint density at radius 2 is 1.77 bits per heavy atom. The van der Waals surface area contributed by atoms with Crippen LogP contribution in [0.3, 0.4) is 0 Å². The number of hydrogen-bond acceptors (Lipinski definition) is 0. The third-order valence-corrected chi connectivity index (χ3v) is 5.28. The molecule has 0 bridgehead atoms. The van der Waals surface area contributed by atoms with Gasteiger partial charge in [0.1, 0.15) is 0 Å². The topological polar surface area (TPSA) is 0 Å². The van der Waals surface area contributed by atoms with E-state index >= 15 is 0 Å². The molecule has 1 aliphatic carbocycles. The van der Waals surface area contributed by atoms with Gasteiger partial charge in [-0.15, -0.1) is 0 Å². The van der Waals surface area contributed by atoms with Gasteiger partial charge in [-0.3, -0.25) is 0 Å². The number of benzene rings is 1. The molecule has 0 radical (unpaired) electrons. The van der Waals surface area contributed by atoms with Crippen LogP contribution in [0.2, 0.25) is 5.02 Å². The van der Waals surface area contributed by atoms with Gasteiger partial charge in [-0.1, -0.05) is 68.5 Å². The van der Waals surface area contributed by atoms with Crippen molar-refractivity contribution in [1.29, 1.82) is 0 Å². The van der Waals surface area contributed by atoms with E-state index in [4.69, 9.17) is 11.6 Å². The third-order valence-electron chi connectivity index (χ3n) is 5.03. The van der Waals surface area contributed by atoms with E-state index in [9.17, 15) is 0 Å². The number of rotatable bonds is 8. The summed E-state index contributed by atoms with van der Waals surface area (Å²) in [6.07, 6.45) is 18.6. The molecule has 0 aromatic heterocycles. The lowest BCUT2D eigenvalue weighted by Gasteiger charge is -2.26. The maximum absolute atomic E-state index is 5.91. The minimum atomic E-state index is 0.829. The minimum absolute atomic E-state index is 0.829. The summed E-state index contributed by atoms with van der Waals surface area (Å²) < 4.78 is 0. The van der Waals surface area contributed by atoms with Crippen molar-refractivity contribution < 1.29 is 0 Å². The van der Waals surface area contributed by atoms with E-state index in [0.29, 0.717) is 0 Å². The summed E-state index contributed by atoms with van der Waals surface area (Å²) in [6, 6.07) is 8.25. The molecule has 0 atom stereocenters. The maximum Gasteiger partial charge on any atom is 0.0406 e. The summed E-state index contributed by atoms with van der Waals surface area (Å²) in [7, 11) is 0. The SMILES string of the molecule is CCCCCC1CCC(/C=C/CCc2ccc(Cl)cc2)CC1. The van der Waals surface area contributed by atoms with Crippen molar-refractivity contribution in [3.05, 3.63) is 47.0 Å². The second-order valence-corrected chi connectivity index (χ2v) is 7.31. The molecule has 0 spiro atoms. The van der Waals surface area contributed by atoms with Crippen LogP contribution in [0, 0.1) is 11.8 Å². The van der Waals surface area contributed by atoms with Crippen LogP contribution in [0.4, 0.5) is 0 Å². The molecular weight excluding hydrogens is 288 g/mol. The van der Waals surface area contributed by atoms with E-state index in [2.05, 4.69) is 31.2 Å². The molecule has 0 N–H and O–H groups in total.